The van der Waals surface area contributed by atoms with Crippen molar-refractivity contribution in [2.75, 3.05) is 11.4 Å². The number of aromatic nitrogens is 1. The molecule has 0 saturated carbocycles. The molecule has 6 aromatic rings. The van der Waals surface area contributed by atoms with Gasteiger partial charge in [-0.05, 0) is 73.1 Å². The van der Waals surface area contributed by atoms with Gasteiger partial charge in [-0.3, -0.25) is 0 Å². The van der Waals surface area contributed by atoms with Crippen LogP contribution in [0.3, 0.4) is 0 Å². The molecule has 0 spiro atoms. The van der Waals surface area contributed by atoms with Gasteiger partial charge in [0.15, 0.2) is 11.7 Å². The van der Waals surface area contributed by atoms with Crippen LogP contribution >= 0.6 is 0 Å². The first-order chi connectivity index (χ1) is 22.5. The zero-order chi connectivity index (χ0) is 31.3. The predicted molar refractivity (Wildman–Crippen MR) is 184 cm³/mol. The molecular weight excluding hydrogens is 758 g/mol. The number of nitrogens with zero attached hydrogens (tertiary/aromatic N) is 3. The van der Waals surface area contributed by atoms with Gasteiger partial charge >= 0.3 is 0 Å². The molecule has 2 heterocycles. The summed E-state index contributed by atoms with van der Waals surface area (Å²) in [5.41, 5.74) is 11.8. The molecule has 0 radical (unpaired) electrons. The van der Waals surface area contributed by atoms with E-state index in [0.29, 0.717) is 12.3 Å². The number of hydrogen-bond acceptors (Lipinski definition) is 4. The minimum absolute atomic E-state index is 0. The number of benzene rings is 5. The van der Waals surface area contributed by atoms with Gasteiger partial charge in [0.1, 0.15) is 5.69 Å². The third kappa shape index (κ3) is 5.16. The van der Waals surface area contributed by atoms with Crippen molar-refractivity contribution in [2.24, 2.45) is 0 Å². The monoisotopic (exact) mass is 791 g/mol. The Kier molecular flexibility index (Phi) is 8.24. The van der Waals surface area contributed by atoms with Crippen molar-refractivity contribution in [1.29, 1.82) is 0 Å². The van der Waals surface area contributed by atoms with Crippen LogP contribution in [0.5, 0.6) is 0 Å². The van der Waals surface area contributed by atoms with Crippen LogP contribution in [-0.4, -0.2) is 16.4 Å². The van der Waals surface area contributed by atoms with Gasteiger partial charge in [-0.1, -0.05) is 66.2 Å². The summed E-state index contributed by atoms with van der Waals surface area (Å²) >= 11 is 0. The number of anilines is 1. The second-order valence-electron chi connectivity index (χ2n) is 12.2. The fraction of sp³-hybridized carbons (Fsp3) is 0.143. The second kappa shape index (κ2) is 12.5. The Balaban J connectivity index is 0.00000351. The van der Waals surface area contributed by atoms with Gasteiger partial charge < -0.3 is 14.2 Å². The zero-order valence-corrected chi connectivity index (χ0v) is 28.9. The standard InChI is InChI=1S/C42H34N3O.Pt/c1-29-26-30(2)39(31(3)27-29)40-41(43-38(46-40)22-23-44-24-25-45(28-44)33-16-8-5-9-17-33)42(32-14-6-4-7-15-32)36-20-12-10-18-34(36)35-19-11-13-21-37(35)42;/h4-14,16,18-21,24-28H,22-23H2,1-3H3;/q-3;. The van der Waals surface area contributed by atoms with Gasteiger partial charge in [0.2, 0.25) is 0 Å². The minimum Gasteiger partial charge on any atom is -0.507 e. The van der Waals surface area contributed by atoms with Crippen LogP contribution in [0.15, 0.2) is 126 Å². The van der Waals surface area contributed by atoms with E-state index in [4.69, 9.17) is 9.40 Å². The van der Waals surface area contributed by atoms with E-state index < -0.39 is 5.41 Å². The van der Waals surface area contributed by atoms with Crippen LogP contribution in [0, 0.1) is 39.6 Å². The van der Waals surface area contributed by atoms with Crippen molar-refractivity contribution in [3.8, 4) is 22.5 Å². The molecule has 0 fully saturated rings. The SMILES string of the molecule is Cc1cc(C)c(-c2oc(CCN3C=CN(c4[c-]cccc4)[CH-]3)nc2C2(c3[c-]cccc3)c3ccccc3-c3ccccc32)c(C)c1.[Pt]. The van der Waals surface area contributed by atoms with E-state index in [1.807, 2.05) is 30.3 Å². The summed E-state index contributed by atoms with van der Waals surface area (Å²) in [6.45, 7) is 9.32. The molecule has 8 rings (SSSR count). The first-order valence-electron chi connectivity index (χ1n) is 15.8. The summed E-state index contributed by atoms with van der Waals surface area (Å²) in [5, 5.41) is 0. The number of hydrogen-bond donors (Lipinski definition) is 0. The van der Waals surface area contributed by atoms with Crippen LogP contribution in [0.1, 0.15) is 45.0 Å². The molecular formula is C42H34N3OPt-3. The number of para-hydroxylation sites is 1. The van der Waals surface area contributed by atoms with Gasteiger partial charge in [0, 0.05) is 33.0 Å². The Morgan fingerprint density at radius 2 is 1.40 bits per heavy atom. The maximum atomic E-state index is 6.95. The zero-order valence-electron chi connectivity index (χ0n) is 26.6. The maximum Gasteiger partial charge on any atom is 0.196 e. The van der Waals surface area contributed by atoms with E-state index in [2.05, 4.69) is 141 Å². The third-order valence-electron chi connectivity index (χ3n) is 9.24. The van der Waals surface area contributed by atoms with Gasteiger partial charge in [0.05, 0.1) is 5.41 Å². The quantitative estimate of drug-likeness (QED) is 0.151. The van der Waals surface area contributed by atoms with Gasteiger partial charge in [-0.25, -0.2) is 4.98 Å². The topological polar surface area (TPSA) is 32.5 Å². The maximum absolute atomic E-state index is 6.95. The van der Waals surface area contributed by atoms with Crippen molar-refractivity contribution >= 4 is 5.69 Å². The van der Waals surface area contributed by atoms with Crippen LogP contribution < -0.4 is 4.90 Å². The Bertz CT molecular complexity index is 2010. The molecule has 1 aromatic heterocycles. The number of aryl methyl sites for hydroxylation is 3. The molecule has 0 saturated heterocycles. The molecule has 5 heteroatoms. The second-order valence-corrected chi connectivity index (χ2v) is 12.2. The Morgan fingerprint density at radius 3 is 2.04 bits per heavy atom. The Labute approximate surface area is 291 Å². The van der Waals surface area contributed by atoms with E-state index in [1.54, 1.807) is 0 Å². The Morgan fingerprint density at radius 1 is 0.766 bits per heavy atom. The molecule has 0 unspecified atom stereocenters. The number of oxazole rings is 1. The molecule has 1 aliphatic carbocycles. The largest absolute Gasteiger partial charge is 0.507 e. The smallest absolute Gasteiger partial charge is 0.196 e. The molecule has 2 aliphatic rings. The summed E-state index contributed by atoms with van der Waals surface area (Å²) in [7, 11) is 0. The molecule has 5 aromatic carbocycles. The van der Waals surface area contributed by atoms with Crippen molar-refractivity contribution in [3.63, 3.8) is 0 Å². The summed E-state index contributed by atoms with van der Waals surface area (Å²) in [4.78, 5) is 9.74. The van der Waals surface area contributed by atoms with Crippen molar-refractivity contribution in [3.05, 3.63) is 185 Å². The van der Waals surface area contributed by atoms with Crippen molar-refractivity contribution in [1.82, 2.24) is 9.88 Å². The average molecular weight is 792 g/mol. The van der Waals surface area contributed by atoms with Crippen molar-refractivity contribution in [2.45, 2.75) is 32.6 Å². The van der Waals surface area contributed by atoms with Gasteiger partial charge in [-0.2, -0.15) is 67.3 Å². The van der Waals surface area contributed by atoms with E-state index >= 15 is 0 Å². The summed E-state index contributed by atoms with van der Waals surface area (Å²) in [5.74, 6) is 1.54. The average Bonchev–Trinajstić information content (AvgIpc) is 3.80. The summed E-state index contributed by atoms with van der Waals surface area (Å²) in [6, 6.07) is 45.2. The van der Waals surface area contributed by atoms with Crippen LogP contribution in [0.25, 0.3) is 22.5 Å². The minimum atomic E-state index is -0.699. The molecule has 47 heavy (non-hydrogen) atoms. The number of rotatable bonds is 7. The first-order valence-corrected chi connectivity index (χ1v) is 15.8. The van der Waals surface area contributed by atoms with Crippen molar-refractivity contribution < 1.29 is 25.5 Å². The molecule has 1 aliphatic heterocycles. The van der Waals surface area contributed by atoms with E-state index in [1.165, 1.54) is 38.9 Å². The molecule has 0 N–H and O–H groups in total. The summed E-state index contributed by atoms with van der Waals surface area (Å²) in [6.07, 6.45) is 4.79. The first kappa shape index (κ1) is 31.0. The van der Waals surface area contributed by atoms with Crippen LogP contribution in [0.2, 0.25) is 0 Å². The normalized spacial score (nSPS) is 14.2. The molecule has 236 valence electrons. The van der Waals surface area contributed by atoms with Gasteiger partial charge in [-0.15, -0.1) is 11.3 Å². The van der Waals surface area contributed by atoms with Crippen LogP contribution in [0.4, 0.5) is 5.69 Å². The third-order valence-corrected chi connectivity index (χ3v) is 9.24. The summed E-state index contributed by atoms with van der Waals surface area (Å²) < 4.78 is 6.95. The molecule has 4 nitrogen and oxygen atoms in total. The molecule has 0 atom stereocenters. The Hall–Kier alpha value is -4.66. The molecule has 0 amide bonds. The fourth-order valence-corrected chi connectivity index (χ4v) is 7.41. The van der Waals surface area contributed by atoms with E-state index in [9.17, 15) is 0 Å². The van der Waals surface area contributed by atoms with E-state index in [0.717, 1.165) is 34.8 Å². The number of fused-ring (bicyclic) bond motifs is 3. The van der Waals surface area contributed by atoms with Gasteiger partial charge in [0.25, 0.3) is 0 Å². The molecule has 0 bridgehead atoms. The van der Waals surface area contributed by atoms with Crippen LogP contribution in [-0.2, 0) is 32.9 Å². The fourth-order valence-electron chi connectivity index (χ4n) is 7.41. The predicted octanol–water partition coefficient (Wildman–Crippen LogP) is 9.18. The van der Waals surface area contributed by atoms with E-state index in [-0.39, 0.29) is 21.1 Å².